The highest BCUT2D eigenvalue weighted by Crippen LogP contribution is 2.45. The summed E-state index contributed by atoms with van der Waals surface area (Å²) in [6.07, 6.45) is -10.2. The van der Waals surface area contributed by atoms with Crippen LogP contribution in [0.1, 0.15) is 34.4 Å². The molecule has 0 spiro atoms. The number of alkyl halides is 8. The first-order valence-corrected chi connectivity index (χ1v) is 16.1. The number of aromatic nitrogens is 2. The maximum Gasteiger partial charge on any atom is 0.573 e. The molecule has 0 fully saturated rings. The van der Waals surface area contributed by atoms with Crippen LogP contribution in [0.3, 0.4) is 0 Å². The summed E-state index contributed by atoms with van der Waals surface area (Å²) >= 11 is 0. The monoisotopic (exact) mass is 760 g/mol. The molecule has 54 heavy (non-hydrogen) atoms. The molecule has 6 rings (SSSR count). The van der Waals surface area contributed by atoms with Gasteiger partial charge in [0, 0.05) is 22.2 Å². The molecule has 0 amide bonds. The second kappa shape index (κ2) is 14.6. The topological polar surface area (TPSA) is 61.3 Å². The lowest BCUT2D eigenvalue weighted by Gasteiger charge is -2.27. The average molecular weight is 761 g/mol. The third kappa shape index (κ3) is 7.80. The second-order valence-corrected chi connectivity index (χ2v) is 12.3. The van der Waals surface area contributed by atoms with E-state index in [1.807, 2.05) is 0 Å². The number of ether oxygens (including phenoxy) is 2. The number of carbonyl (C=O) groups is 1. The van der Waals surface area contributed by atoms with Gasteiger partial charge in [0.25, 0.3) is 0 Å². The van der Waals surface area contributed by atoms with Crippen LogP contribution in [0.5, 0.6) is 11.5 Å². The van der Waals surface area contributed by atoms with Gasteiger partial charge in [0.2, 0.25) is 0 Å². The van der Waals surface area contributed by atoms with Gasteiger partial charge in [-0.1, -0.05) is 24.3 Å². The molecular weight excluding hydrogens is 734 g/mol. The molecule has 0 radical (unpaired) electrons. The van der Waals surface area contributed by atoms with Crippen LogP contribution in [0.2, 0.25) is 0 Å². The van der Waals surface area contributed by atoms with E-state index in [9.17, 15) is 39.9 Å². The van der Waals surface area contributed by atoms with E-state index in [4.69, 9.17) is 0 Å². The summed E-state index contributed by atoms with van der Waals surface area (Å²) in [6.45, 7) is -0.105. The van der Waals surface area contributed by atoms with E-state index in [1.165, 1.54) is 50.2 Å². The molecule has 2 unspecified atom stereocenters. The van der Waals surface area contributed by atoms with Gasteiger partial charge in [-0.2, -0.15) is 0 Å². The van der Waals surface area contributed by atoms with Gasteiger partial charge >= 0.3 is 12.7 Å². The van der Waals surface area contributed by atoms with E-state index < -0.39 is 66.8 Å². The van der Waals surface area contributed by atoms with Crippen molar-refractivity contribution in [1.29, 1.82) is 0 Å². The number of carbonyl (C=O) groups excluding carboxylic acids is 1. The molecule has 0 aliphatic carbocycles. The van der Waals surface area contributed by atoms with E-state index in [1.54, 1.807) is 0 Å². The first kappa shape index (κ1) is 38.0. The summed E-state index contributed by atoms with van der Waals surface area (Å²) in [5, 5.41) is -0.0560. The van der Waals surface area contributed by atoms with Crippen molar-refractivity contribution in [3.05, 3.63) is 119 Å². The number of benzene rings is 4. The lowest BCUT2D eigenvalue weighted by atomic mass is 9.78. The number of Topliss-reactive ketones (excluding diaryl/α,β-unsaturated/α-hetero) is 1. The van der Waals surface area contributed by atoms with Crippen molar-refractivity contribution in [2.45, 2.75) is 38.4 Å². The van der Waals surface area contributed by atoms with Crippen molar-refractivity contribution in [1.82, 2.24) is 9.97 Å². The lowest BCUT2D eigenvalue weighted by Crippen LogP contribution is -2.27. The highest BCUT2D eigenvalue weighted by Gasteiger charge is 2.37. The molecule has 0 saturated heterocycles. The highest BCUT2D eigenvalue weighted by atomic mass is 19.4. The third-order valence-electron chi connectivity index (χ3n) is 8.79. The number of aryl methyl sites for hydroxylation is 2. The maximum atomic E-state index is 15.5. The molecular formula is C39H26F10N2O3. The summed E-state index contributed by atoms with van der Waals surface area (Å²) < 4.78 is 147. The van der Waals surface area contributed by atoms with Gasteiger partial charge in [-0.25, -0.2) is 17.6 Å². The minimum atomic E-state index is -5.09. The number of rotatable bonds is 10. The number of nitrogens with zero attached hydrogens (tertiary/aromatic N) is 2. The van der Waals surface area contributed by atoms with E-state index in [0.29, 0.717) is 0 Å². The molecule has 2 atom stereocenters. The fourth-order valence-electron chi connectivity index (χ4n) is 6.70. The lowest BCUT2D eigenvalue weighted by molar-refractivity contribution is -0.275. The Kier molecular flexibility index (Phi) is 10.3. The van der Waals surface area contributed by atoms with Crippen LogP contribution in [0.4, 0.5) is 43.9 Å². The average Bonchev–Trinajstić information content (AvgIpc) is 3.09. The van der Waals surface area contributed by atoms with Crippen LogP contribution >= 0.6 is 0 Å². The second-order valence-electron chi connectivity index (χ2n) is 12.3. The Bertz CT molecular complexity index is 2200. The Labute approximate surface area is 300 Å². The standard InChI is InChI=1S/C39H26F10N2O3/c1-19-33(35(21-3-7-23(42)8-4-21)27-15-25(53-38(44,45)46)11-13-31(27)50-19)29(17-40)37(52)30(18-41)34-20(2)51-32-14-12-26(54-39(47,48)49)16-28(32)36(34)22-5-9-24(43)10-6-22/h3-16,29-30H,17-18H2,1-2H3. The zero-order valence-electron chi connectivity index (χ0n) is 28.1. The van der Waals surface area contributed by atoms with Crippen molar-refractivity contribution < 1.29 is 58.2 Å². The van der Waals surface area contributed by atoms with E-state index in [2.05, 4.69) is 19.4 Å². The maximum absolute atomic E-state index is 15.5. The van der Waals surface area contributed by atoms with Crippen molar-refractivity contribution >= 4 is 27.6 Å². The molecule has 0 saturated carbocycles. The molecule has 0 aliphatic heterocycles. The van der Waals surface area contributed by atoms with Crippen LogP contribution in [0.25, 0.3) is 44.1 Å². The zero-order valence-corrected chi connectivity index (χ0v) is 28.1. The Balaban J connectivity index is 1.60. The van der Waals surface area contributed by atoms with Crippen molar-refractivity contribution in [3.63, 3.8) is 0 Å². The van der Waals surface area contributed by atoms with E-state index in [0.717, 1.165) is 48.5 Å². The van der Waals surface area contributed by atoms with Crippen molar-refractivity contribution in [2.24, 2.45) is 0 Å². The minimum Gasteiger partial charge on any atom is -0.406 e. The third-order valence-corrected chi connectivity index (χ3v) is 8.79. The van der Waals surface area contributed by atoms with Gasteiger partial charge in [-0.05, 0) is 108 Å². The Morgan fingerprint density at radius 2 is 0.944 bits per heavy atom. The van der Waals surface area contributed by atoms with Gasteiger partial charge < -0.3 is 9.47 Å². The molecule has 5 nitrogen and oxygen atoms in total. The number of hydrogen-bond acceptors (Lipinski definition) is 5. The molecule has 280 valence electrons. The quantitative estimate of drug-likeness (QED) is 0.130. The van der Waals surface area contributed by atoms with Crippen molar-refractivity contribution in [3.8, 4) is 33.8 Å². The molecule has 15 heteroatoms. The number of ketones is 1. The number of pyridine rings is 2. The van der Waals surface area contributed by atoms with Crippen LogP contribution in [0.15, 0.2) is 84.9 Å². The molecule has 0 bridgehead atoms. The normalized spacial score (nSPS) is 13.3. The summed E-state index contributed by atoms with van der Waals surface area (Å²) in [4.78, 5) is 23.5. The predicted octanol–water partition coefficient (Wildman–Crippen LogP) is 11.2. The number of fused-ring (bicyclic) bond motifs is 2. The number of hydrogen-bond donors (Lipinski definition) is 0. The van der Waals surface area contributed by atoms with Crippen molar-refractivity contribution in [2.75, 3.05) is 13.3 Å². The SMILES string of the molecule is Cc1nc2ccc(OC(F)(F)F)cc2c(-c2ccc(F)cc2)c1C(CF)C(=O)C(CF)c1c(C)nc2ccc(OC(F)(F)F)cc2c1-c1ccc(F)cc1. The molecule has 4 aromatic carbocycles. The fourth-order valence-corrected chi connectivity index (χ4v) is 6.70. The highest BCUT2D eigenvalue weighted by molar-refractivity contribution is 6.04. The van der Waals surface area contributed by atoms with Crippen LogP contribution in [-0.4, -0.2) is 41.8 Å². The summed E-state index contributed by atoms with van der Waals surface area (Å²) in [5.41, 5.74) is 0.342. The summed E-state index contributed by atoms with van der Waals surface area (Å²) in [6, 6.07) is 15.6. The zero-order chi connectivity index (χ0) is 39.1. The number of halogens is 10. The van der Waals surface area contributed by atoms with Crippen LogP contribution in [0, 0.1) is 25.5 Å². The molecule has 2 aromatic heterocycles. The predicted molar refractivity (Wildman–Crippen MR) is 180 cm³/mol. The Morgan fingerprint density at radius 3 is 1.26 bits per heavy atom. The largest absolute Gasteiger partial charge is 0.573 e. The van der Waals surface area contributed by atoms with Crippen LogP contribution < -0.4 is 9.47 Å². The smallest absolute Gasteiger partial charge is 0.406 e. The summed E-state index contributed by atoms with van der Waals surface area (Å²) in [7, 11) is 0. The van der Waals surface area contributed by atoms with Crippen LogP contribution in [-0.2, 0) is 4.79 Å². The fraction of sp³-hybridized carbons (Fsp3) is 0.205. The van der Waals surface area contributed by atoms with Gasteiger partial charge in [0.1, 0.15) is 36.5 Å². The van der Waals surface area contributed by atoms with Gasteiger partial charge in [0.15, 0.2) is 5.78 Å². The minimum absolute atomic E-state index is 0.000194. The summed E-state index contributed by atoms with van der Waals surface area (Å²) in [5.74, 6) is -7.46. The van der Waals surface area contributed by atoms with E-state index >= 15 is 8.78 Å². The van der Waals surface area contributed by atoms with Gasteiger partial charge in [-0.15, -0.1) is 26.3 Å². The Morgan fingerprint density at radius 1 is 0.593 bits per heavy atom. The molecule has 2 heterocycles. The van der Waals surface area contributed by atoms with Gasteiger partial charge in [0.05, 0.1) is 22.9 Å². The molecule has 6 aromatic rings. The molecule has 0 aliphatic rings. The molecule has 0 N–H and O–H groups in total. The first-order valence-electron chi connectivity index (χ1n) is 16.1. The van der Waals surface area contributed by atoms with E-state index in [-0.39, 0.29) is 66.6 Å². The van der Waals surface area contributed by atoms with Gasteiger partial charge in [-0.3, -0.25) is 14.8 Å². The first-order chi connectivity index (χ1) is 25.5. The Hall–Kier alpha value is -5.73.